The molecule has 0 unspecified atom stereocenters. The Kier molecular flexibility index (Phi) is 6.54. The third-order valence-electron chi connectivity index (χ3n) is 4.67. The number of β-amino-alcohol motifs (C(OH)–C–C–N with tert-alkyl or cyclic N) is 1. The molecule has 1 saturated heterocycles. The molecule has 156 valence electrons. The first kappa shape index (κ1) is 21.1. The van der Waals surface area contributed by atoms with Crippen LogP contribution in [0.5, 0.6) is 17.2 Å². The smallest absolute Gasteiger partial charge is 0.261 e. The van der Waals surface area contributed by atoms with Crippen LogP contribution in [0.3, 0.4) is 0 Å². The van der Waals surface area contributed by atoms with Crippen LogP contribution in [0.4, 0.5) is 0 Å². The lowest BCUT2D eigenvalue weighted by atomic mass is 10.0. The van der Waals surface area contributed by atoms with Crippen molar-refractivity contribution in [3.05, 3.63) is 64.7 Å². The molecule has 0 atom stereocenters. The summed E-state index contributed by atoms with van der Waals surface area (Å²) in [5.74, 6) is 0.377. The number of methoxy groups -OCH3 is 3. The van der Waals surface area contributed by atoms with Crippen LogP contribution in [0.15, 0.2) is 53.6 Å². The van der Waals surface area contributed by atoms with Crippen LogP contribution in [0.1, 0.15) is 11.1 Å². The van der Waals surface area contributed by atoms with Crippen molar-refractivity contribution in [2.45, 2.75) is 0 Å². The molecule has 7 nitrogen and oxygen atoms in total. The van der Waals surface area contributed by atoms with Gasteiger partial charge in [0.1, 0.15) is 0 Å². The molecule has 1 aliphatic rings. The van der Waals surface area contributed by atoms with Gasteiger partial charge in [-0.15, -0.1) is 0 Å². The molecule has 7 heteroatoms. The van der Waals surface area contributed by atoms with Gasteiger partial charge in [-0.1, -0.05) is 30.3 Å². The number of ether oxygens (including phenoxy) is 3. The third kappa shape index (κ3) is 4.06. The highest BCUT2D eigenvalue weighted by Gasteiger charge is 2.38. The standard InChI is InChI=1S/C23H23NO6/c1-28-19-13-16(14-20(29-2)21(19)30-3)12-18-17(11-15-7-5-4-6-8-15)22(26)24(9-10-25)23(18)27/h4-8,11-14,25H,9-10H2,1-3H3/b17-11+,18-12+. The number of carbonyl (C=O) groups is 2. The molecule has 30 heavy (non-hydrogen) atoms. The van der Waals surface area contributed by atoms with E-state index in [4.69, 9.17) is 14.2 Å². The Hall–Kier alpha value is -3.58. The number of aliphatic hydroxyl groups excluding tert-OH is 1. The van der Waals surface area contributed by atoms with Gasteiger partial charge in [0.2, 0.25) is 5.75 Å². The van der Waals surface area contributed by atoms with E-state index < -0.39 is 11.8 Å². The second-order valence-electron chi connectivity index (χ2n) is 6.47. The first-order chi connectivity index (χ1) is 14.5. The van der Waals surface area contributed by atoms with Crippen molar-refractivity contribution in [3.63, 3.8) is 0 Å². The Morgan fingerprint density at radius 2 is 1.37 bits per heavy atom. The molecule has 0 aromatic heterocycles. The van der Waals surface area contributed by atoms with Gasteiger partial charge in [0.25, 0.3) is 11.8 Å². The molecule has 2 aromatic rings. The number of nitrogens with zero attached hydrogens (tertiary/aromatic N) is 1. The van der Waals surface area contributed by atoms with E-state index in [-0.39, 0.29) is 24.3 Å². The summed E-state index contributed by atoms with van der Waals surface area (Å²) in [6, 6.07) is 12.6. The maximum Gasteiger partial charge on any atom is 0.261 e. The van der Waals surface area contributed by atoms with Crippen molar-refractivity contribution >= 4 is 24.0 Å². The molecule has 0 spiro atoms. The largest absolute Gasteiger partial charge is 0.493 e. The quantitative estimate of drug-likeness (QED) is 0.559. The van der Waals surface area contributed by atoms with Crippen molar-refractivity contribution in [1.82, 2.24) is 4.90 Å². The maximum absolute atomic E-state index is 12.9. The van der Waals surface area contributed by atoms with Crippen LogP contribution in [-0.2, 0) is 9.59 Å². The number of hydrogen-bond donors (Lipinski definition) is 1. The minimum absolute atomic E-state index is 0.0730. The summed E-state index contributed by atoms with van der Waals surface area (Å²) in [6.45, 7) is -0.385. The zero-order valence-electron chi connectivity index (χ0n) is 17.0. The number of imide groups is 1. The predicted octanol–water partition coefficient (Wildman–Crippen LogP) is 2.54. The number of aliphatic hydroxyl groups is 1. The van der Waals surface area contributed by atoms with Crippen molar-refractivity contribution < 1.29 is 28.9 Å². The van der Waals surface area contributed by atoms with E-state index in [1.54, 1.807) is 24.3 Å². The molecule has 1 fully saturated rings. The summed E-state index contributed by atoms with van der Waals surface area (Å²) in [5, 5.41) is 9.28. The molecule has 3 rings (SSSR count). The Labute approximate surface area is 174 Å². The molecular weight excluding hydrogens is 386 g/mol. The fourth-order valence-electron chi connectivity index (χ4n) is 3.26. The van der Waals surface area contributed by atoms with Crippen LogP contribution in [0.2, 0.25) is 0 Å². The van der Waals surface area contributed by atoms with Crippen molar-refractivity contribution in [2.75, 3.05) is 34.5 Å². The first-order valence-corrected chi connectivity index (χ1v) is 9.30. The Morgan fingerprint density at radius 3 is 1.83 bits per heavy atom. The number of hydrogen-bond acceptors (Lipinski definition) is 6. The van der Waals surface area contributed by atoms with E-state index in [1.807, 2.05) is 30.3 Å². The second kappa shape index (κ2) is 9.28. The fourth-order valence-corrected chi connectivity index (χ4v) is 3.26. The molecule has 0 aliphatic carbocycles. The van der Waals surface area contributed by atoms with Gasteiger partial charge in [0.05, 0.1) is 45.6 Å². The minimum Gasteiger partial charge on any atom is -0.493 e. The summed E-state index contributed by atoms with van der Waals surface area (Å²) >= 11 is 0. The average molecular weight is 409 g/mol. The minimum atomic E-state index is -0.468. The van der Waals surface area contributed by atoms with Crippen LogP contribution in [-0.4, -0.2) is 56.3 Å². The fraction of sp³-hybridized carbons (Fsp3) is 0.217. The number of benzene rings is 2. The number of likely N-dealkylation sites (tertiary alicyclic amines) is 1. The maximum atomic E-state index is 12.9. The molecule has 1 aliphatic heterocycles. The lowest BCUT2D eigenvalue weighted by Crippen LogP contribution is -2.32. The van der Waals surface area contributed by atoms with Crippen LogP contribution in [0, 0.1) is 0 Å². The van der Waals surface area contributed by atoms with Crippen molar-refractivity contribution in [3.8, 4) is 17.2 Å². The van der Waals surface area contributed by atoms with E-state index in [0.717, 1.165) is 10.5 Å². The summed E-state index contributed by atoms with van der Waals surface area (Å²) < 4.78 is 16.1. The average Bonchev–Trinajstić information content (AvgIpc) is 2.98. The number of carbonyl (C=O) groups excluding carboxylic acids is 2. The number of amides is 2. The zero-order valence-corrected chi connectivity index (χ0v) is 17.0. The normalized spacial score (nSPS) is 16.5. The first-order valence-electron chi connectivity index (χ1n) is 9.30. The van der Waals surface area contributed by atoms with Crippen molar-refractivity contribution in [1.29, 1.82) is 0 Å². The van der Waals surface area contributed by atoms with Gasteiger partial charge in [0, 0.05) is 0 Å². The van der Waals surface area contributed by atoms with Crippen LogP contribution in [0.25, 0.3) is 12.2 Å². The molecule has 0 saturated carbocycles. The summed E-state index contributed by atoms with van der Waals surface area (Å²) in [5.41, 5.74) is 1.88. The zero-order chi connectivity index (χ0) is 21.7. The van der Waals surface area contributed by atoms with Crippen molar-refractivity contribution in [2.24, 2.45) is 0 Å². The second-order valence-corrected chi connectivity index (χ2v) is 6.47. The highest BCUT2D eigenvalue weighted by molar-refractivity contribution is 6.28. The molecule has 1 heterocycles. The van der Waals surface area contributed by atoms with Gasteiger partial charge < -0.3 is 19.3 Å². The number of rotatable bonds is 7. The van der Waals surface area contributed by atoms with Gasteiger partial charge in [-0.25, -0.2) is 0 Å². The Bertz CT molecular complexity index is 985. The molecule has 0 bridgehead atoms. The lowest BCUT2D eigenvalue weighted by molar-refractivity contribution is -0.137. The predicted molar refractivity (Wildman–Crippen MR) is 112 cm³/mol. The Balaban J connectivity index is 2.15. The van der Waals surface area contributed by atoms with E-state index in [1.165, 1.54) is 21.3 Å². The summed E-state index contributed by atoms with van der Waals surface area (Å²) in [7, 11) is 4.51. The van der Waals surface area contributed by atoms with Gasteiger partial charge in [-0.2, -0.15) is 0 Å². The van der Waals surface area contributed by atoms with E-state index >= 15 is 0 Å². The van der Waals surface area contributed by atoms with Gasteiger partial charge in [-0.05, 0) is 35.4 Å². The third-order valence-corrected chi connectivity index (χ3v) is 4.67. The Morgan fingerprint density at radius 1 is 0.833 bits per heavy atom. The van der Waals surface area contributed by atoms with Crippen LogP contribution >= 0.6 is 0 Å². The monoisotopic (exact) mass is 409 g/mol. The molecule has 2 amide bonds. The van der Waals surface area contributed by atoms with Gasteiger partial charge in [0.15, 0.2) is 11.5 Å². The van der Waals surface area contributed by atoms with Gasteiger partial charge >= 0.3 is 0 Å². The topological polar surface area (TPSA) is 85.3 Å². The molecule has 2 aromatic carbocycles. The molecule has 0 radical (unpaired) electrons. The molecule has 1 N–H and O–H groups in total. The highest BCUT2D eigenvalue weighted by Crippen LogP contribution is 2.39. The molecular formula is C23H23NO6. The summed E-state index contributed by atoms with van der Waals surface area (Å²) in [4.78, 5) is 26.9. The van der Waals surface area contributed by atoms with E-state index in [0.29, 0.717) is 22.8 Å². The van der Waals surface area contributed by atoms with E-state index in [9.17, 15) is 14.7 Å². The SMILES string of the molecule is COc1cc(/C=C2/C(=O)N(CCO)C(=O)/C2=C/c2ccccc2)cc(OC)c1OC. The van der Waals surface area contributed by atoms with E-state index in [2.05, 4.69) is 0 Å². The summed E-state index contributed by atoms with van der Waals surface area (Å²) in [6.07, 6.45) is 3.28. The van der Waals surface area contributed by atoms with Gasteiger partial charge in [-0.3, -0.25) is 14.5 Å². The lowest BCUT2D eigenvalue weighted by Gasteiger charge is -2.13. The van der Waals surface area contributed by atoms with Crippen LogP contribution < -0.4 is 14.2 Å². The highest BCUT2D eigenvalue weighted by atomic mass is 16.5.